The van der Waals surface area contributed by atoms with Crippen LogP contribution in [-0.4, -0.2) is 42.6 Å². The number of benzene rings is 1. The molecule has 0 saturated carbocycles. The molecule has 7 heteroatoms. The van der Waals surface area contributed by atoms with Crippen molar-refractivity contribution in [3.8, 4) is 0 Å². The van der Waals surface area contributed by atoms with Crippen LogP contribution in [-0.2, 0) is 11.0 Å². The topological polar surface area (TPSA) is 52.6 Å². The van der Waals surface area contributed by atoms with Crippen molar-refractivity contribution < 1.29 is 23.1 Å². The molecule has 4 nitrogen and oxygen atoms in total. The molecule has 0 saturated heterocycles. The molecule has 118 valence electrons. The van der Waals surface area contributed by atoms with Crippen LogP contribution in [0.3, 0.4) is 0 Å². The lowest BCUT2D eigenvalue weighted by molar-refractivity contribution is -0.137. The van der Waals surface area contributed by atoms with Gasteiger partial charge >= 0.3 is 6.18 Å². The highest BCUT2D eigenvalue weighted by Gasteiger charge is 2.30. The number of carbonyl (C=O) groups excluding carboxylic acids is 1. The lowest BCUT2D eigenvalue weighted by Crippen LogP contribution is -2.42. The first kappa shape index (κ1) is 17.5. The number of alkyl halides is 3. The third kappa shape index (κ3) is 5.02. The minimum atomic E-state index is -4.39. The van der Waals surface area contributed by atoms with Gasteiger partial charge in [-0.15, -0.1) is 0 Å². The largest absolute Gasteiger partial charge is 0.416 e. The second-order valence-corrected chi connectivity index (χ2v) is 5.00. The summed E-state index contributed by atoms with van der Waals surface area (Å²) in [6.07, 6.45) is -5.38. The predicted octanol–water partition coefficient (Wildman–Crippen LogP) is 1.81. The van der Waals surface area contributed by atoms with Gasteiger partial charge in [0.2, 0.25) is 5.91 Å². The van der Waals surface area contributed by atoms with Crippen LogP contribution < -0.4 is 5.32 Å². The van der Waals surface area contributed by atoms with Crippen LogP contribution in [0.4, 0.5) is 13.2 Å². The Kier molecular flexibility index (Phi) is 5.74. The molecular weight excluding hydrogens is 285 g/mol. The number of amides is 1. The number of aliphatic hydroxyl groups is 1. The molecule has 0 spiro atoms. The zero-order valence-corrected chi connectivity index (χ0v) is 12.1. The number of hydrogen-bond donors (Lipinski definition) is 2. The summed E-state index contributed by atoms with van der Waals surface area (Å²) in [4.78, 5) is 13.0. The van der Waals surface area contributed by atoms with Gasteiger partial charge in [0.1, 0.15) is 0 Å². The fraction of sp³-hybridized carbons (Fsp3) is 0.500. The lowest BCUT2D eigenvalue weighted by atomic mass is 10.1. The minimum absolute atomic E-state index is 0.0755. The van der Waals surface area contributed by atoms with E-state index in [0.717, 1.165) is 12.1 Å². The summed E-state index contributed by atoms with van der Waals surface area (Å²) < 4.78 is 37.3. The van der Waals surface area contributed by atoms with E-state index in [-0.39, 0.29) is 12.5 Å². The molecule has 0 bridgehead atoms. The van der Waals surface area contributed by atoms with Crippen LogP contribution in [0.25, 0.3) is 0 Å². The van der Waals surface area contributed by atoms with Gasteiger partial charge in [0, 0.05) is 20.6 Å². The first-order valence-corrected chi connectivity index (χ1v) is 6.42. The maximum absolute atomic E-state index is 12.4. The second kappa shape index (κ2) is 6.91. The number of halogens is 3. The number of hydrogen-bond acceptors (Lipinski definition) is 3. The molecule has 1 amide bonds. The third-order valence-electron chi connectivity index (χ3n) is 3.05. The van der Waals surface area contributed by atoms with E-state index in [1.807, 2.05) is 0 Å². The van der Waals surface area contributed by atoms with Crippen LogP contribution in [0.5, 0.6) is 0 Å². The average Bonchev–Trinajstić information content (AvgIpc) is 2.42. The van der Waals surface area contributed by atoms with Crippen molar-refractivity contribution in [3.63, 3.8) is 0 Å². The van der Waals surface area contributed by atoms with Crippen LogP contribution in [0.1, 0.15) is 24.2 Å². The van der Waals surface area contributed by atoms with E-state index < -0.39 is 23.9 Å². The van der Waals surface area contributed by atoms with Crippen LogP contribution in [0, 0.1) is 0 Å². The van der Waals surface area contributed by atoms with Gasteiger partial charge in [0.15, 0.2) is 0 Å². The summed E-state index contributed by atoms with van der Waals surface area (Å²) >= 11 is 0. The molecule has 0 radical (unpaired) electrons. The number of nitrogens with zero attached hydrogens (tertiary/aromatic N) is 1. The Labute approximate surface area is 121 Å². The summed E-state index contributed by atoms with van der Waals surface area (Å²) in [5, 5.41) is 12.8. The highest BCUT2D eigenvalue weighted by atomic mass is 19.4. The smallest absolute Gasteiger partial charge is 0.387 e. The van der Waals surface area contributed by atoms with Crippen molar-refractivity contribution in [1.29, 1.82) is 0 Å². The van der Waals surface area contributed by atoms with E-state index in [9.17, 15) is 23.1 Å². The summed E-state index contributed by atoms with van der Waals surface area (Å²) in [6, 6.07) is 3.82. The highest BCUT2D eigenvalue weighted by molar-refractivity contribution is 5.80. The normalized spacial score (nSPS) is 14.6. The average molecular weight is 304 g/mol. The highest BCUT2D eigenvalue weighted by Crippen LogP contribution is 2.29. The Bertz CT molecular complexity index is 472. The van der Waals surface area contributed by atoms with Crippen LogP contribution in [0.15, 0.2) is 24.3 Å². The summed E-state index contributed by atoms with van der Waals surface area (Å²) in [5.41, 5.74) is -0.400. The third-order valence-corrected chi connectivity index (χ3v) is 3.05. The summed E-state index contributed by atoms with van der Waals surface area (Å²) in [5.74, 6) is -0.144. The second-order valence-electron chi connectivity index (χ2n) is 5.00. The maximum Gasteiger partial charge on any atom is 0.416 e. The Morgan fingerprint density at radius 1 is 1.29 bits per heavy atom. The molecule has 0 aliphatic heterocycles. The molecular formula is C14H19F3N2O2. The number of rotatable bonds is 5. The molecule has 1 aromatic carbocycles. The SMILES string of the molecule is CC(NCC(O)c1ccc(C(F)(F)F)cc1)C(=O)N(C)C. The summed E-state index contributed by atoms with van der Waals surface area (Å²) in [6.45, 7) is 1.73. The van der Waals surface area contributed by atoms with Crippen molar-refractivity contribution in [2.75, 3.05) is 20.6 Å². The zero-order valence-electron chi connectivity index (χ0n) is 12.1. The molecule has 1 rings (SSSR count). The molecule has 2 unspecified atom stereocenters. The summed E-state index contributed by atoms with van der Waals surface area (Å²) in [7, 11) is 3.24. The minimum Gasteiger partial charge on any atom is -0.387 e. The van der Waals surface area contributed by atoms with Gasteiger partial charge in [-0.1, -0.05) is 12.1 Å². The fourth-order valence-electron chi connectivity index (χ4n) is 1.78. The molecule has 21 heavy (non-hydrogen) atoms. The number of carbonyl (C=O) groups is 1. The van der Waals surface area contributed by atoms with Gasteiger partial charge in [-0.3, -0.25) is 4.79 Å². The quantitative estimate of drug-likeness (QED) is 0.872. The van der Waals surface area contributed by atoms with E-state index in [2.05, 4.69) is 5.32 Å². The molecule has 0 aliphatic carbocycles. The lowest BCUT2D eigenvalue weighted by Gasteiger charge is -2.20. The zero-order chi connectivity index (χ0) is 16.2. The Balaban J connectivity index is 2.60. The Hall–Kier alpha value is -1.60. The standard InChI is InChI=1S/C14H19F3N2O2/c1-9(13(21)19(2)3)18-8-12(20)10-4-6-11(7-5-10)14(15,16)17/h4-7,9,12,18,20H,8H2,1-3H3. The fourth-order valence-corrected chi connectivity index (χ4v) is 1.78. The van der Waals surface area contributed by atoms with Crippen molar-refractivity contribution >= 4 is 5.91 Å². The molecule has 1 aromatic rings. The predicted molar refractivity (Wildman–Crippen MR) is 72.6 cm³/mol. The van der Waals surface area contributed by atoms with Crippen molar-refractivity contribution in [2.45, 2.75) is 25.2 Å². The monoisotopic (exact) mass is 304 g/mol. The molecule has 0 fully saturated rings. The van der Waals surface area contributed by atoms with Gasteiger partial charge in [-0.2, -0.15) is 13.2 Å². The Morgan fingerprint density at radius 2 is 1.81 bits per heavy atom. The molecule has 2 N–H and O–H groups in total. The number of likely N-dealkylation sites (N-methyl/N-ethyl adjacent to an activating group) is 1. The molecule has 0 heterocycles. The van der Waals surface area contributed by atoms with Gasteiger partial charge in [-0.05, 0) is 24.6 Å². The van der Waals surface area contributed by atoms with E-state index in [1.54, 1.807) is 21.0 Å². The first-order valence-electron chi connectivity index (χ1n) is 6.42. The van der Waals surface area contributed by atoms with E-state index in [1.165, 1.54) is 17.0 Å². The van der Waals surface area contributed by atoms with Crippen LogP contribution >= 0.6 is 0 Å². The van der Waals surface area contributed by atoms with Gasteiger partial charge in [0.05, 0.1) is 17.7 Å². The molecule has 2 atom stereocenters. The first-order chi connectivity index (χ1) is 9.62. The van der Waals surface area contributed by atoms with Crippen LogP contribution in [0.2, 0.25) is 0 Å². The van der Waals surface area contributed by atoms with Gasteiger partial charge in [-0.25, -0.2) is 0 Å². The molecule has 0 aliphatic rings. The van der Waals surface area contributed by atoms with Crippen molar-refractivity contribution in [2.24, 2.45) is 0 Å². The van der Waals surface area contributed by atoms with Crippen molar-refractivity contribution in [3.05, 3.63) is 35.4 Å². The van der Waals surface area contributed by atoms with Gasteiger partial charge in [0.25, 0.3) is 0 Å². The maximum atomic E-state index is 12.4. The van der Waals surface area contributed by atoms with E-state index in [0.29, 0.717) is 5.56 Å². The van der Waals surface area contributed by atoms with E-state index in [4.69, 9.17) is 0 Å². The van der Waals surface area contributed by atoms with Crippen molar-refractivity contribution in [1.82, 2.24) is 10.2 Å². The number of aliphatic hydroxyl groups excluding tert-OH is 1. The van der Waals surface area contributed by atoms with E-state index >= 15 is 0 Å². The number of nitrogens with one attached hydrogen (secondary N) is 1. The Morgan fingerprint density at radius 3 is 2.24 bits per heavy atom. The van der Waals surface area contributed by atoms with Gasteiger partial charge < -0.3 is 15.3 Å². The molecule has 0 aromatic heterocycles.